The van der Waals surface area contributed by atoms with Crippen molar-refractivity contribution >= 4 is 30.6 Å². The molecule has 3 nitrogen and oxygen atoms in total. The summed E-state index contributed by atoms with van der Waals surface area (Å²) >= 11 is 7.83. The van der Waals surface area contributed by atoms with Crippen molar-refractivity contribution in [3.8, 4) is 0 Å². The molecule has 0 aromatic heterocycles. The summed E-state index contributed by atoms with van der Waals surface area (Å²) in [7, 11) is 0. The van der Waals surface area contributed by atoms with Crippen molar-refractivity contribution in [3.05, 3.63) is 35.4 Å². The Kier molecular flexibility index (Phi) is 4.75. The standard InChI is InChI=1S/C13H19NO2S2/c1-12(2,13(3,14)16-11(15)18)10-6-4-9(8-17)5-7-10/h4-7,17H,8,14H2,1-3H3,(H,15,18). The third-order valence-electron chi connectivity index (χ3n) is 3.40. The van der Waals surface area contributed by atoms with Crippen LogP contribution in [0.3, 0.4) is 0 Å². The normalized spacial score (nSPS) is 15.0. The summed E-state index contributed by atoms with van der Waals surface area (Å²) in [6.45, 7) is 5.53. The van der Waals surface area contributed by atoms with Crippen LogP contribution in [-0.2, 0) is 15.9 Å². The molecule has 1 aromatic carbocycles. The largest absolute Gasteiger partial charge is 0.436 e. The van der Waals surface area contributed by atoms with E-state index < -0.39 is 16.4 Å². The maximum absolute atomic E-state index is 11.0. The molecule has 18 heavy (non-hydrogen) atoms. The molecule has 2 N–H and O–H groups in total. The number of hydrogen-bond donors (Lipinski definition) is 3. The van der Waals surface area contributed by atoms with Gasteiger partial charge < -0.3 is 4.74 Å². The lowest BCUT2D eigenvalue weighted by Crippen LogP contribution is -2.55. The second kappa shape index (κ2) is 5.55. The van der Waals surface area contributed by atoms with Crippen LogP contribution >= 0.6 is 25.3 Å². The first-order chi connectivity index (χ1) is 8.20. The Balaban J connectivity index is 3.06. The molecule has 0 fully saturated rings. The Morgan fingerprint density at radius 2 is 1.78 bits per heavy atom. The van der Waals surface area contributed by atoms with E-state index in [2.05, 4.69) is 25.3 Å². The van der Waals surface area contributed by atoms with Crippen LogP contribution in [0.25, 0.3) is 0 Å². The van der Waals surface area contributed by atoms with Gasteiger partial charge in [0.15, 0.2) is 5.72 Å². The molecule has 0 aliphatic rings. The molecular weight excluding hydrogens is 266 g/mol. The van der Waals surface area contributed by atoms with Gasteiger partial charge in [-0.1, -0.05) is 50.7 Å². The third-order valence-corrected chi connectivity index (χ3v) is 3.85. The lowest BCUT2D eigenvalue weighted by Gasteiger charge is -2.40. The van der Waals surface area contributed by atoms with Gasteiger partial charge in [-0.15, -0.1) is 0 Å². The molecule has 0 radical (unpaired) electrons. The first-order valence-electron chi connectivity index (χ1n) is 5.62. The quantitative estimate of drug-likeness (QED) is 0.452. The number of carbonyl (C=O) groups excluding carboxylic acids is 1. The van der Waals surface area contributed by atoms with E-state index in [1.807, 2.05) is 38.1 Å². The Morgan fingerprint density at radius 1 is 1.28 bits per heavy atom. The lowest BCUT2D eigenvalue weighted by molar-refractivity contribution is -0.00825. The van der Waals surface area contributed by atoms with Gasteiger partial charge in [-0.2, -0.15) is 12.6 Å². The van der Waals surface area contributed by atoms with Gasteiger partial charge in [0.05, 0.1) is 0 Å². The zero-order chi connectivity index (χ0) is 14.0. The average Bonchev–Trinajstić information content (AvgIpc) is 2.27. The minimum Gasteiger partial charge on any atom is -0.436 e. The molecule has 0 aliphatic heterocycles. The molecule has 100 valence electrons. The molecule has 0 aliphatic carbocycles. The molecule has 0 saturated heterocycles. The van der Waals surface area contributed by atoms with Crippen LogP contribution in [0.2, 0.25) is 0 Å². The molecule has 0 heterocycles. The van der Waals surface area contributed by atoms with Gasteiger partial charge in [0.25, 0.3) is 0 Å². The molecular formula is C13H19NO2S2. The molecule has 0 saturated carbocycles. The van der Waals surface area contributed by atoms with E-state index in [1.165, 1.54) is 0 Å². The van der Waals surface area contributed by atoms with Crippen molar-refractivity contribution in [1.82, 2.24) is 0 Å². The Bertz CT molecular complexity index is 427. The lowest BCUT2D eigenvalue weighted by atomic mass is 9.76. The predicted molar refractivity (Wildman–Crippen MR) is 80.2 cm³/mol. The van der Waals surface area contributed by atoms with Crippen molar-refractivity contribution in [1.29, 1.82) is 0 Å². The van der Waals surface area contributed by atoms with Crippen molar-refractivity contribution in [3.63, 3.8) is 0 Å². The fourth-order valence-electron chi connectivity index (χ4n) is 1.62. The SMILES string of the molecule is CC(N)(OC(=O)S)C(C)(C)c1ccc(CS)cc1. The van der Waals surface area contributed by atoms with Crippen molar-refractivity contribution in [2.45, 2.75) is 37.7 Å². The fourth-order valence-corrected chi connectivity index (χ4v) is 2.02. The zero-order valence-electron chi connectivity index (χ0n) is 10.8. The van der Waals surface area contributed by atoms with Crippen LogP contribution in [-0.4, -0.2) is 11.0 Å². The summed E-state index contributed by atoms with van der Waals surface area (Å²) < 4.78 is 5.10. The van der Waals surface area contributed by atoms with Crippen LogP contribution in [0.4, 0.5) is 4.79 Å². The number of rotatable bonds is 4. The molecule has 1 unspecified atom stereocenters. The molecule has 0 amide bonds. The van der Waals surface area contributed by atoms with Crippen LogP contribution in [0, 0.1) is 0 Å². The first-order valence-corrected chi connectivity index (χ1v) is 6.70. The second-order valence-corrected chi connectivity index (χ2v) is 5.64. The summed E-state index contributed by atoms with van der Waals surface area (Å²) in [4.78, 5) is 11.0. The molecule has 1 rings (SSSR count). The highest BCUT2D eigenvalue weighted by Crippen LogP contribution is 2.34. The predicted octanol–water partition coefficient (Wildman–Crippen LogP) is 3.14. The maximum atomic E-state index is 11.0. The van der Waals surface area contributed by atoms with Crippen LogP contribution in [0.5, 0.6) is 0 Å². The Labute approximate surface area is 119 Å². The minimum atomic E-state index is -1.13. The fraction of sp³-hybridized carbons (Fsp3) is 0.462. The highest BCUT2D eigenvalue weighted by Gasteiger charge is 2.42. The van der Waals surface area contributed by atoms with Gasteiger partial charge in [-0.3, -0.25) is 5.73 Å². The van der Waals surface area contributed by atoms with Gasteiger partial charge in [-0.05, 0) is 18.1 Å². The van der Waals surface area contributed by atoms with E-state index in [-0.39, 0.29) is 0 Å². The second-order valence-electron chi connectivity index (χ2n) is 4.96. The van der Waals surface area contributed by atoms with Crippen molar-refractivity contribution in [2.75, 3.05) is 0 Å². The van der Waals surface area contributed by atoms with E-state index in [1.54, 1.807) is 6.92 Å². The van der Waals surface area contributed by atoms with E-state index >= 15 is 0 Å². The van der Waals surface area contributed by atoms with Gasteiger partial charge >= 0.3 is 5.30 Å². The molecule has 0 bridgehead atoms. The number of nitrogens with two attached hydrogens (primary N) is 1. The monoisotopic (exact) mass is 285 g/mol. The molecule has 1 aromatic rings. The van der Waals surface area contributed by atoms with Crippen LogP contribution in [0.15, 0.2) is 24.3 Å². The van der Waals surface area contributed by atoms with Gasteiger partial charge in [0.2, 0.25) is 0 Å². The van der Waals surface area contributed by atoms with Gasteiger partial charge in [-0.25, -0.2) is 4.79 Å². The van der Waals surface area contributed by atoms with Gasteiger partial charge in [0.1, 0.15) is 0 Å². The average molecular weight is 285 g/mol. The van der Waals surface area contributed by atoms with E-state index in [0.29, 0.717) is 5.75 Å². The van der Waals surface area contributed by atoms with Crippen molar-refractivity contribution in [2.24, 2.45) is 5.73 Å². The minimum absolute atomic E-state index is 0.527. The van der Waals surface area contributed by atoms with E-state index in [0.717, 1.165) is 11.1 Å². The Morgan fingerprint density at radius 3 is 2.17 bits per heavy atom. The zero-order valence-corrected chi connectivity index (χ0v) is 12.6. The summed E-state index contributed by atoms with van der Waals surface area (Å²) in [5.41, 5.74) is 6.55. The van der Waals surface area contributed by atoms with E-state index in [4.69, 9.17) is 10.5 Å². The number of benzene rings is 1. The third kappa shape index (κ3) is 3.22. The summed E-state index contributed by atoms with van der Waals surface area (Å²) in [5.74, 6) is 0.687. The first kappa shape index (κ1) is 15.4. The number of hydrogen-bond acceptors (Lipinski definition) is 4. The van der Waals surface area contributed by atoms with E-state index in [9.17, 15) is 4.79 Å². The Hall–Kier alpha value is -0.650. The molecule has 0 spiro atoms. The number of carbonyl (C=O) groups is 1. The summed E-state index contributed by atoms with van der Waals surface area (Å²) in [6.07, 6.45) is 0. The van der Waals surface area contributed by atoms with Crippen molar-refractivity contribution < 1.29 is 9.53 Å². The summed E-state index contributed by atoms with van der Waals surface area (Å²) in [5, 5.41) is -0.681. The van der Waals surface area contributed by atoms with Gasteiger partial charge in [0, 0.05) is 11.2 Å². The maximum Gasteiger partial charge on any atom is 0.365 e. The number of ether oxygens (including phenoxy) is 1. The summed E-state index contributed by atoms with van der Waals surface area (Å²) in [6, 6.07) is 7.93. The van der Waals surface area contributed by atoms with Crippen LogP contribution < -0.4 is 5.73 Å². The smallest absolute Gasteiger partial charge is 0.365 e. The molecule has 5 heteroatoms. The molecule has 1 atom stereocenters. The highest BCUT2D eigenvalue weighted by molar-refractivity contribution is 7.96. The number of thiol groups is 2. The highest BCUT2D eigenvalue weighted by atomic mass is 32.1. The topological polar surface area (TPSA) is 52.3 Å². The van der Waals surface area contributed by atoms with Crippen LogP contribution in [0.1, 0.15) is 31.9 Å².